The topological polar surface area (TPSA) is 109 Å². The van der Waals surface area contributed by atoms with Gasteiger partial charge in [0.05, 0.1) is 9.92 Å². The number of ether oxygens (including phenoxy) is 1. The summed E-state index contributed by atoms with van der Waals surface area (Å²) in [6.45, 7) is 5.41. The molecular formula is C25H28ClNO6S. The lowest BCUT2D eigenvalue weighted by atomic mass is 9.90. The molecule has 1 heterocycles. The monoisotopic (exact) mass is 505 g/mol. The summed E-state index contributed by atoms with van der Waals surface area (Å²) < 4.78 is 35.1. The Balaban J connectivity index is 1.62. The van der Waals surface area contributed by atoms with Gasteiger partial charge in [-0.3, -0.25) is 9.11 Å². The second-order valence-corrected chi connectivity index (χ2v) is 11.2. The first-order valence-corrected chi connectivity index (χ1v) is 13.1. The Morgan fingerprint density at radius 2 is 1.76 bits per heavy atom. The van der Waals surface area contributed by atoms with E-state index in [4.69, 9.17) is 20.8 Å². The second kappa shape index (κ2) is 9.71. The molecule has 182 valence electrons. The van der Waals surface area contributed by atoms with Crippen LogP contribution in [0.5, 0.6) is 5.75 Å². The van der Waals surface area contributed by atoms with E-state index in [9.17, 15) is 18.7 Å². The first-order chi connectivity index (χ1) is 16.1. The van der Waals surface area contributed by atoms with Gasteiger partial charge < -0.3 is 9.15 Å². The van der Waals surface area contributed by atoms with Gasteiger partial charge in [-0.25, -0.2) is 14.3 Å². The maximum Gasteiger partial charge on any atom is 0.339 e. The lowest BCUT2D eigenvalue weighted by Gasteiger charge is -2.37. The molecule has 1 aliphatic rings. The number of hydrogen-bond acceptors (Lipinski definition) is 7. The van der Waals surface area contributed by atoms with Crippen molar-refractivity contribution in [2.75, 3.05) is 0 Å². The molecular weight excluding hydrogens is 478 g/mol. The van der Waals surface area contributed by atoms with Gasteiger partial charge in [-0.1, -0.05) is 43.1 Å². The molecule has 3 aromatic rings. The maximum absolute atomic E-state index is 13.1. The molecule has 0 radical (unpaired) electrons. The van der Waals surface area contributed by atoms with Crippen molar-refractivity contribution >= 4 is 39.3 Å². The number of carbonyl (C=O) groups is 1. The molecule has 0 spiro atoms. The average molecular weight is 506 g/mol. The van der Waals surface area contributed by atoms with Crippen LogP contribution in [0.15, 0.2) is 50.5 Å². The van der Waals surface area contributed by atoms with Crippen LogP contribution < -0.4 is 15.1 Å². The third-order valence-corrected chi connectivity index (χ3v) is 7.86. The molecule has 3 N–H and O–H groups in total. The number of esters is 1. The van der Waals surface area contributed by atoms with Gasteiger partial charge in [0.15, 0.2) is 5.75 Å². The Morgan fingerprint density at radius 3 is 2.41 bits per heavy atom. The van der Waals surface area contributed by atoms with E-state index in [1.54, 1.807) is 44.2 Å². The van der Waals surface area contributed by atoms with Gasteiger partial charge in [0.2, 0.25) is 0 Å². The van der Waals surface area contributed by atoms with Crippen LogP contribution in [-0.2, 0) is 17.6 Å². The number of hydrogen-bond donors (Lipinski definition) is 3. The first-order valence-electron chi connectivity index (χ1n) is 11.2. The molecule has 0 unspecified atom stereocenters. The lowest BCUT2D eigenvalue weighted by molar-refractivity contribution is -0.137. The predicted octanol–water partition coefficient (Wildman–Crippen LogP) is 5.88. The van der Waals surface area contributed by atoms with Crippen molar-refractivity contribution in [2.45, 2.75) is 57.4 Å². The molecule has 0 saturated carbocycles. The van der Waals surface area contributed by atoms with Crippen LogP contribution in [0.25, 0.3) is 11.0 Å². The van der Waals surface area contributed by atoms with Crippen molar-refractivity contribution in [3.63, 3.8) is 0 Å². The van der Waals surface area contributed by atoms with E-state index in [0.717, 1.165) is 35.8 Å². The van der Waals surface area contributed by atoms with Crippen LogP contribution in [0.3, 0.4) is 0 Å². The van der Waals surface area contributed by atoms with Crippen molar-refractivity contribution < 1.29 is 23.1 Å². The number of nitrogens with one attached hydrogen (secondary N) is 1. The normalized spacial score (nSPS) is 15.3. The Morgan fingerprint density at radius 1 is 1.12 bits per heavy atom. The summed E-state index contributed by atoms with van der Waals surface area (Å²) >= 11 is 6.45. The minimum absolute atomic E-state index is 0.0392. The first kappa shape index (κ1) is 24.8. The fourth-order valence-corrected chi connectivity index (χ4v) is 5.70. The number of aryl methyl sites for hydroxylation is 2. The number of halogens is 1. The van der Waals surface area contributed by atoms with Gasteiger partial charge in [-0.2, -0.15) is 0 Å². The predicted molar refractivity (Wildman–Crippen MR) is 134 cm³/mol. The third kappa shape index (κ3) is 5.01. The zero-order valence-electron chi connectivity index (χ0n) is 19.3. The Bertz CT molecular complexity index is 1290. The molecule has 1 aromatic heterocycles. The molecule has 0 aliphatic heterocycles. The van der Waals surface area contributed by atoms with Crippen LogP contribution in [0, 0.1) is 12.8 Å². The lowest BCUT2D eigenvalue weighted by Crippen LogP contribution is -2.44. The summed E-state index contributed by atoms with van der Waals surface area (Å²) in [5.74, 6) is -1.02. The largest absolute Gasteiger partial charge is 0.424 e. The highest BCUT2D eigenvalue weighted by molar-refractivity contribution is 8.22. The van der Waals surface area contributed by atoms with Crippen LogP contribution in [0.1, 0.15) is 43.4 Å². The fraction of sp³-hybridized carbons (Fsp3) is 0.360. The molecule has 0 amide bonds. The number of rotatable bonds is 6. The van der Waals surface area contributed by atoms with Gasteiger partial charge >= 0.3 is 11.6 Å². The summed E-state index contributed by atoms with van der Waals surface area (Å²) in [4.78, 5) is 25.8. The van der Waals surface area contributed by atoms with Crippen LogP contribution >= 0.6 is 22.4 Å². The Hall–Kier alpha value is -2.36. The molecule has 0 saturated heterocycles. The van der Waals surface area contributed by atoms with Crippen molar-refractivity contribution in [1.82, 2.24) is 4.72 Å². The van der Waals surface area contributed by atoms with E-state index >= 15 is 0 Å². The van der Waals surface area contributed by atoms with Crippen LogP contribution in [-0.4, -0.2) is 21.1 Å². The number of carbonyl (C=O) groups excluding carboxylic acids is 1. The van der Waals surface area contributed by atoms with Crippen molar-refractivity contribution in [2.24, 2.45) is 5.92 Å². The average Bonchev–Trinajstić information content (AvgIpc) is 2.79. The van der Waals surface area contributed by atoms with Gasteiger partial charge in [0.25, 0.3) is 0 Å². The Kier molecular flexibility index (Phi) is 7.07. The molecule has 0 bridgehead atoms. The van der Waals surface area contributed by atoms with Crippen LogP contribution in [0.4, 0.5) is 0 Å². The highest BCUT2D eigenvalue weighted by Crippen LogP contribution is 2.45. The summed E-state index contributed by atoms with van der Waals surface area (Å²) in [5, 5.41) is 0.946. The fourth-order valence-electron chi connectivity index (χ4n) is 4.12. The van der Waals surface area contributed by atoms with Gasteiger partial charge in [0, 0.05) is 17.0 Å². The SMILES string of the molecule is Cc1ccc(S(O)(O)N[C@H](C(=O)Oc2cc3oc(=O)c4c(c3cc2Cl)CCCC4)C(C)C)cc1. The summed E-state index contributed by atoms with van der Waals surface area (Å²) in [6, 6.07) is 8.79. The number of fused-ring (bicyclic) bond motifs is 3. The van der Waals surface area contributed by atoms with E-state index in [-0.39, 0.29) is 27.2 Å². The molecule has 2 aromatic carbocycles. The van der Waals surface area contributed by atoms with E-state index in [1.165, 1.54) is 6.07 Å². The smallest absolute Gasteiger partial charge is 0.339 e. The van der Waals surface area contributed by atoms with Crippen LogP contribution in [0.2, 0.25) is 5.02 Å². The van der Waals surface area contributed by atoms with Crippen molar-refractivity contribution in [3.8, 4) is 5.75 Å². The summed E-state index contributed by atoms with van der Waals surface area (Å²) in [5.41, 5.74) is 2.51. The van der Waals surface area contributed by atoms with Crippen molar-refractivity contribution in [3.05, 3.63) is 68.5 Å². The third-order valence-electron chi connectivity index (χ3n) is 6.05. The molecule has 34 heavy (non-hydrogen) atoms. The minimum Gasteiger partial charge on any atom is -0.424 e. The highest BCUT2D eigenvalue weighted by Gasteiger charge is 2.31. The maximum atomic E-state index is 13.1. The molecule has 7 nitrogen and oxygen atoms in total. The molecule has 1 atom stereocenters. The highest BCUT2D eigenvalue weighted by atomic mass is 35.5. The standard InChI is InChI=1S/C25H28ClNO6S/c1-14(2)23(27-34(30,31)16-10-8-15(3)9-11-16)25(29)33-22-13-21-19(12-20(22)26)17-6-4-5-7-18(17)24(28)32-21/h8-14,23,27,30-31H,4-7H2,1-3H3/t23-/m0/s1. The summed E-state index contributed by atoms with van der Waals surface area (Å²) in [7, 11) is -3.46. The minimum atomic E-state index is -3.46. The zero-order chi connectivity index (χ0) is 24.6. The quantitative estimate of drug-likeness (QED) is 0.218. The van der Waals surface area contributed by atoms with Gasteiger partial charge in [0.1, 0.15) is 11.6 Å². The van der Waals surface area contributed by atoms with E-state index in [1.807, 2.05) is 6.92 Å². The summed E-state index contributed by atoms with van der Waals surface area (Å²) in [6.07, 6.45) is 3.37. The number of benzene rings is 2. The molecule has 9 heteroatoms. The van der Waals surface area contributed by atoms with E-state index in [2.05, 4.69) is 4.72 Å². The van der Waals surface area contributed by atoms with Gasteiger partial charge in [-0.15, -0.1) is 10.8 Å². The Labute approximate surface area is 204 Å². The second-order valence-electron chi connectivity index (χ2n) is 8.96. The van der Waals surface area contributed by atoms with Crippen molar-refractivity contribution in [1.29, 1.82) is 0 Å². The molecule has 1 aliphatic carbocycles. The molecule has 4 rings (SSSR count). The zero-order valence-corrected chi connectivity index (χ0v) is 20.8. The van der Waals surface area contributed by atoms with E-state index < -0.39 is 22.8 Å². The van der Waals surface area contributed by atoms with Gasteiger partial charge in [-0.05, 0) is 62.3 Å². The molecule has 0 fully saturated rings. The van der Waals surface area contributed by atoms with E-state index in [0.29, 0.717) is 17.6 Å².